The summed E-state index contributed by atoms with van der Waals surface area (Å²) in [5.74, 6) is -0.396. The summed E-state index contributed by atoms with van der Waals surface area (Å²) in [6.45, 7) is 3.66. The third-order valence-corrected chi connectivity index (χ3v) is 3.60. The fraction of sp³-hybridized carbons (Fsp3) is 0.538. The molecule has 1 fully saturated rings. The lowest BCUT2D eigenvalue weighted by Gasteiger charge is -2.19. The summed E-state index contributed by atoms with van der Waals surface area (Å²) in [5.41, 5.74) is -0.399. The molecule has 2 atom stereocenters. The zero-order valence-electron chi connectivity index (χ0n) is 10.5. The lowest BCUT2D eigenvalue weighted by atomic mass is 9.82. The molecule has 1 aliphatic carbocycles. The minimum absolute atomic E-state index is 0.265. The lowest BCUT2D eigenvalue weighted by Crippen LogP contribution is -2.29. The van der Waals surface area contributed by atoms with Gasteiger partial charge in [0.25, 0.3) is 0 Å². The van der Waals surface area contributed by atoms with Crippen molar-refractivity contribution < 1.29 is 23.8 Å². The Hall–Kier alpha value is -1.78. The normalized spacial score (nSPS) is 29.6. The molecule has 1 heterocycles. The van der Waals surface area contributed by atoms with E-state index in [1.807, 2.05) is 0 Å². The number of ether oxygens (including phenoxy) is 3. The smallest absolute Gasteiger partial charge is 0.337 e. The molecule has 0 aromatic heterocycles. The van der Waals surface area contributed by atoms with Crippen molar-refractivity contribution in [3.63, 3.8) is 0 Å². The minimum Gasteiger partial charge on any atom is -0.489 e. The van der Waals surface area contributed by atoms with E-state index in [9.17, 15) is 9.59 Å². The molecular formula is C13H16O5. The van der Waals surface area contributed by atoms with Gasteiger partial charge in [0.1, 0.15) is 17.3 Å². The van der Waals surface area contributed by atoms with Crippen molar-refractivity contribution in [2.45, 2.75) is 25.4 Å². The number of methoxy groups -OCH3 is 2. The molecule has 0 unspecified atom stereocenters. The molecule has 1 aliphatic heterocycles. The summed E-state index contributed by atoms with van der Waals surface area (Å²) < 4.78 is 15.2. The fourth-order valence-corrected chi connectivity index (χ4v) is 2.69. The Kier molecular flexibility index (Phi) is 3.15. The number of rotatable bonds is 3. The average molecular weight is 252 g/mol. The van der Waals surface area contributed by atoms with Crippen LogP contribution in [-0.4, -0.2) is 32.3 Å². The van der Waals surface area contributed by atoms with Gasteiger partial charge >= 0.3 is 11.9 Å². The van der Waals surface area contributed by atoms with Gasteiger partial charge in [-0.1, -0.05) is 12.7 Å². The van der Waals surface area contributed by atoms with Gasteiger partial charge in [0, 0.05) is 6.42 Å². The molecule has 0 bridgehead atoms. The number of esters is 2. The first-order valence-electron chi connectivity index (χ1n) is 5.78. The molecule has 0 aromatic carbocycles. The molecule has 0 saturated carbocycles. The highest BCUT2D eigenvalue weighted by atomic mass is 16.5. The summed E-state index contributed by atoms with van der Waals surface area (Å²) in [5, 5.41) is 0. The molecule has 0 aromatic rings. The van der Waals surface area contributed by atoms with Gasteiger partial charge in [-0.15, -0.1) is 0 Å². The average Bonchev–Trinajstić information content (AvgIpc) is 2.92. The number of hydrogen-bond acceptors (Lipinski definition) is 5. The molecular weight excluding hydrogens is 236 g/mol. The number of carbonyl (C=O) groups excluding carboxylic acids is 2. The maximum Gasteiger partial charge on any atom is 0.337 e. The Morgan fingerprint density at radius 1 is 1.44 bits per heavy atom. The maximum absolute atomic E-state index is 12.0. The van der Waals surface area contributed by atoms with Gasteiger partial charge < -0.3 is 14.2 Å². The Bertz CT molecular complexity index is 437. The van der Waals surface area contributed by atoms with E-state index in [0.29, 0.717) is 30.6 Å². The third-order valence-electron chi connectivity index (χ3n) is 3.60. The molecule has 5 heteroatoms. The molecule has 98 valence electrons. The van der Waals surface area contributed by atoms with Crippen LogP contribution >= 0.6 is 0 Å². The van der Waals surface area contributed by atoms with E-state index >= 15 is 0 Å². The van der Waals surface area contributed by atoms with Crippen LogP contribution in [0.15, 0.2) is 24.0 Å². The van der Waals surface area contributed by atoms with Crippen LogP contribution in [0.5, 0.6) is 0 Å². The summed E-state index contributed by atoms with van der Waals surface area (Å²) in [7, 11) is 2.65. The standard InChI is InChI=1S/C13H16O5/c1-4-8-7-13(12(15)17-3)6-5-9(10(13)18-8)11(14)16-2/h4,8H,1,5-7H2,2-3H3/t8-,13-/m0/s1. The van der Waals surface area contributed by atoms with Crippen LogP contribution in [-0.2, 0) is 23.8 Å². The van der Waals surface area contributed by atoms with Crippen molar-refractivity contribution in [2.24, 2.45) is 5.41 Å². The highest BCUT2D eigenvalue weighted by Crippen LogP contribution is 2.53. The molecule has 2 rings (SSSR count). The van der Waals surface area contributed by atoms with E-state index in [4.69, 9.17) is 14.2 Å². The van der Waals surface area contributed by atoms with Crippen molar-refractivity contribution in [1.29, 1.82) is 0 Å². The van der Waals surface area contributed by atoms with Gasteiger partial charge in [0.2, 0.25) is 0 Å². The van der Waals surface area contributed by atoms with E-state index in [0.717, 1.165) is 0 Å². The molecule has 0 radical (unpaired) electrons. The lowest BCUT2D eigenvalue weighted by molar-refractivity contribution is -0.150. The molecule has 5 nitrogen and oxygen atoms in total. The zero-order valence-corrected chi connectivity index (χ0v) is 10.5. The van der Waals surface area contributed by atoms with Crippen molar-refractivity contribution in [3.8, 4) is 0 Å². The quantitative estimate of drug-likeness (QED) is 0.560. The SMILES string of the molecule is C=C[C@H]1C[C@@]2(C(=O)OC)CCC(C(=O)OC)=C2O1. The molecule has 0 spiro atoms. The predicted octanol–water partition coefficient (Wildman–Crippen LogP) is 1.34. The highest BCUT2D eigenvalue weighted by molar-refractivity contribution is 5.93. The Morgan fingerprint density at radius 2 is 2.17 bits per heavy atom. The molecule has 0 N–H and O–H groups in total. The number of hydrogen-bond donors (Lipinski definition) is 0. The van der Waals surface area contributed by atoms with E-state index in [-0.39, 0.29) is 12.1 Å². The summed E-state index contributed by atoms with van der Waals surface area (Å²) in [6, 6.07) is 0. The predicted molar refractivity (Wildman–Crippen MR) is 62.4 cm³/mol. The Morgan fingerprint density at radius 3 is 2.72 bits per heavy atom. The Labute approximate surface area is 105 Å². The summed E-state index contributed by atoms with van der Waals surface area (Å²) in [6.07, 6.45) is 2.83. The molecule has 18 heavy (non-hydrogen) atoms. The topological polar surface area (TPSA) is 61.8 Å². The second kappa shape index (κ2) is 4.48. The number of carbonyl (C=O) groups is 2. The van der Waals surface area contributed by atoms with Gasteiger partial charge in [0.05, 0.1) is 19.8 Å². The zero-order chi connectivity index (χ0) is 13.3. The van der Waals surface area contributed by atoms with Crippen LogP contribution in [0.4, 0.5) is 0 Å². The van der Waals surface area contributed by atoms with Crippen LogP contribution in [0.2, 0.25) is 0 Å². The molecule has 2 aliphatic rings. The van der Waals surface area contributed by atoms with Gasteiger partial charge in [-0.3, -0.25) is 4.79 Å². The molecule has 0 amide bonds. The first-order chi connectivity index (χ1) is 8.58. The van der Waals surface area contributed by atoms with E-state index in [2.05, 4.69) is 6.58 Å². The van der Waals surface area contributed by atoms with E-state index in [1.165, 1.54) is 14.2 Å². The minimum atomic E-state index is -0.836. The van der Waals surface area contributed by atoms with Gasteiger partial charge in [-0.2, -0.15) is 0 Å². The summed E-state index contributed by atoms with van der Waals surface area (Å²) >= 11 is 0. The van der Waals surface area contributed by atoms with E-state index < -0.39 is 11.4 Å². The van der Waals surface area contributed by atoms with Crippen molar-refractivity contribution in [1.82, 2.24) is 0 Å². The van der Waals surface area contributed by atoms with Crippen LogP contribution in [0.3, 0.4) is 0 Å². The van der Waals surface area contributed by atoms with Gasteiger partial charge in [-0.05, 0) is 12.8 Å². The van der Waals surface area contributed by atoms with Gasteiger partial charge in [0.15, 0.2) is 0 Å². The second-order valence-corrected chi connectivity index (χ2v) is 4.47. The second-order valence-electron chi connectivity index (χ2n) is 4.47. The van der Waals surface area contributed by atoms with Crippen LogP contribution in [0.1, 0.15) is 19.3 Å². The molecule has 1 saturated heterocycles. The first kappa shape index (κ1) is 12.7. The number of fused-ring (bicyclic) bond motifs is 1. The maximum atomic E-state index is 12.0. The van der Waals surface area contributed by atoms with Gasteiger partial charge in [-0.25, -0.2) is 4.79 Å². The first-order valence-corrected chi connectivity index (χ1v) is 5.78. The van der Waals surface area contributed by atoms with Crippen LogP contribution in [0.25, 0.3) is 0 Å². The van der Waals surface area contributed by atoms with Crippen molar-refractivity contribution in [2.75, 3.05) is 14.2 Å². The Balaban J connectivity index is 2.45. The van der Waals surface area contributed by atoms with Crippen molar-refractivity contribution >= 4 is 11.9 Å². The largest absolute Gasteiger partial charge is 0.489 e. The van der Waals surface area contributed by atoms with Crippen LogP contribution in [0, 0.1) is 5.41 Å². The third kappa shape index (κ3) is 1.62. The van der Waals surface area contributed by atoms with E-state index in [1.54, 1.807) is 6.08 Å². The summed E-state index contributed by atoms with van der Waals surface area (Å²) in [4.78, 5) is 23.7. The van der Waals surface area contributed by atoms with Crippen LogP contribution < -0.4 is 0 Å². The van der Waals surface area contributed by atoms with Crippen molar-refractivity contribution in [3.05, 3.63) is 24.0 Å². The fourth-order valence-electron chi connectivity index (χ4n) is 2.69. The monoisotopic (exact) mass is 252 g/mol. The highest BCUT2D eigenvalue weighted by Gasteiger charge is 2.57.